The number of benzene rings is 2. The fourth-order valence-electron chi connectivity index (χ4n) is 1.65. The monoisotopic (exact) mass is 286 g/mol. The number of carboxylic acid groups (broad SMARTS) is 1. The predicted molar refractivity (Wildman–Crippen MR) is 80.2 cm³/mol. The lowest BCUT2D eigenvalue weighted by molar-refractivity contribution is -0.132. The van der Waals surface area contributed by atoms with Crippen LogP contribution in [0.1, 0.15) is 5.56 Å². The van der Waals surface area contributed by atoms with Crippen molar-refractivity contribution in [3.05, 3.63) is 72.0 Å². The summed E-state index contributed by atoms with van der Waals surface area (Å²) in [4.78, 5) is 12.0. The van der Waals surface area contributed by atoms with Gasteiger partial charge in [-0.15, -0.1) is 12.6 Å². The van der Waals surface area contributed by atoms with Crippen LogP contribution in [0.15, 0.2) is 71.3 Å². The van der Waals surface area contributed by atoms with Gasteiger partial charge in [-0.2, -0.15) is 0 Å². The van der Waals surface area contributed by atoms with E-state index in [-0.39, 0.29) is 5.57 Å². The third-order valence-corrected chi connectivity index (χ3v) is 2.98. The van der Waals surface area contributed by atoms with E-state index in [2.05, 4.69) is 12.6 Å². The highest BCUT2D eigenvalue weighted by molar-refractivity contribution is 7.80. The molecule has 0 aliphatic carbocycles. The second-order valence-corrected chi connectivity index (χ2v) is 4.74. The Labute approximate surface area is 122 Å². The number of rotatable bonds is 5. The van der Waals surface area contributed by atoms with Crippen molar-refractivity contribution >= 4 is 18.6 Å². The molecule has 0 fully saturated rings. The minimum Gasteiger partial charge on any atom is -0.478 e. The first-order valence-electron chi connectivity index (χ1n) is 6.07. The maximum atomic E-state index is 11.2. The van der Waals surface area contributed by atoms with Crippen LogP contribution in [0.25, 0.3) is 0 Å². The molecule has 2 aromatic carbocycles. The minimum atomic E-state index is -0.986. The molecule has 1 N–H and O–H groups in total. The molecule has 20 heavy (non-hydrogen) atoms. The van der Waals surface area contributed by atoms with E-state index < -0.39 is 5.97 Å². The van der Waals surface area contributed by atoms with E-state index in [9.17, 15) is 9.90 Å². The molecule has 0 atom stereocenters. The van der Waals surface area contributed by atoms with Gasteiger partial charge < -0.3 is 9.84 Å². The van der Waals surface area contributed by atoms with Gasteiger partial charge in [-0.3, -0.25) is 0 Å². The van der Waals surface area contributed by atoms with Crippen LogP contribution in [-0.2, 0) is 11.2 Å². The Morgan fingerprint density at radius 3 is 2.35 bits per heavy atom. The Morgan fingerprint density at radius 1 is 1.10 bits per heavy atom. The summed E-state index contributed by atoms with van der Waals surface area (Å²) in [7, 11) is 0. The first-order chi connectivity index (χ1) is 9.65. The number of carbonyl (C=O) groups is 1. The van der Waals surface area contributed by atoms with Crippen LogP contribution in [0, 0.1) is 0 Å². The van der Waals surface area contributed by atoms with Crippen LogP contribution < -0.4 is 4.74 Å². The summed E-state index contributed by atoms with van der Waals surface area (Å²) in [6.07, 6.45) is 1.60. The van der Waals surface area contributed by atoms with Gasteiger partial charge in [-0.1, -0.05) is 30.3 Å². The zero-order valence-corrected chi connectivity index (χ0v) is 11.6. The molecule has 0 bridgehead atoms. The van der Waals surface area contributed by atoms with Crippen molar-refractivity contribution < 1.29 is 14.6 Å². The SMILES string of the molecule is O=C(O)C(=COc1ccc(S)cc1)Cc1ccccc1. The lowest BCUT2D eigenvalue weighted by Gasteiger charge is -2.05. The van der Waals surface area contributed by atoms with E-state index in [1.165, 1.54) is 6.26 Å². The van der Waals surface area contributed by atoms with Gasteiger partial charge in [0.1, 0.15) is 12.0 Å². The summed E-state index contributed by atoms with van der Waals surface area (Å²) < 4.78 is 5.38. The van der Waals surface area contributed by atoms with E-state index >= 15 is 0 Å². The molecule has 0 amide bonds. The lowest BCUT2D eigenvalue weighted by atomic mass is 10.1. The molecular weight excluding hydrogens is 272 g/mol. The van der Waals surface area contributed by atoms with Crippen molar-refractivity contribution in [2.45, 2.75) is 11.3 Å². The van der Waals surface area contributed by atoms with Crippen molar-refractivity contribution in [2.75, 3.05) is 0 Å². The van der Waals surface area contributed by atoms with E-state index in [4.69, 9.17) is 4.74 Å². The summed E-state index contributed by atoms with van der Waals surface area (Å²) in [5, 5.41) is 9.20. The lowest BCUT2D eigenvalue weighted by Crippen LogP contribution is -2.05. The Balaban J connectivity index is 2.10. The number of carboxylic acids is 1. The first kappa shape index (κ1) is 14.2. The molecule has 0 unspecified atom stereocenters. The molecule has 0 saturated heterocycles. The fraction of sp³-hybridized carbons (Fsp3) is 0.0625. The third kappa shape index (κ3) is 4.17. The van der Waals surface area contributed by atoms with E-state index in [0.29, 0.717) is 12.2 Å². The van der Waals surface area contributed by atoms with Gasteiger partial charge >= 0.3 is 5.97 Å². The van der Waals surface area contributed by atoms with Gasteiger partial charge in [0.2, 0.25) is 0 Å². The molecule has 2 rings (SSSR count). The molecule has 2 aromatic rings. The Hall–Kier alpha value is -2.20. The van der Waals surface area contributed by atoms with Gasteiger partial charge in [0.15, 0.2) is 0 Å². The Kier molecular flexibility index (Phi) is 4.85. The quantitative estimate of drug-likeness (QED) is 0.502. The molecule has 0 aromatic heterocycles. The smallest absolute Gasteiger partial charge is 0.335 e. The zero-order valence-electron chi connectivity index (χ0n) is 10.7. The third-order valence-electron chi connectivity index (χ3n) is 2.69. The van der Waals surface area contributed by atoms with Crippen LogP contribution in [0.4, 0.5) is 0 Å². The van der Waals surface area contributed by atoms with Crippen molar-refractivity contribution in [3.8, 4) is 5.75 Å². The highest BCUT2D eigenvalue weighted by atomic mass is 32.1. The second-order valence-electron chi connectivity index (χ2n) is 4.22. The number of aliphatic carboxylic acids is 1. The molecule has 3 nitrogen and oxygen atoms in total. The zero-order chi connectivity index (χ0) is 14.4. The molecule has 0 aliphatic rings. The van der Waals surface area contributed by atoms with Crippen molar-refractivity contribution in [2.24, 2.45) is 0 Å². The van der Waals surface area contributed by atoms with Gasteiger partial charge in [0.25, 0.3) is 0 Å². The number of ether oxygens (including phenoxy) is 1. The van der Waals surface area contributed by atoms with Crippen LogP contribution in [0.5, 0.6) is 5.75 Å². The topological polar surface area (TPSA) is 46.5 Å². The van der Waals surface area contributed by atoms with Gasteiger partial charge in [-0.25, -0.2) is 4.79 Å². The molecule has 0 radical (unpaired) electrons. The molecule has 4 heteroatoms. The summed E-state index contributed by atoms with van der Waals surface area (Å²) in [5.74, 6) is -0.408. The second kappa shape index (κ2) is 6.82. The van der Waals surface area contributed by atoms with E-state index in [1.807, 2.05) is 30.3 Å². The maximum absolute atomic E-state index is 11.2. The predicted octanol–water partition coefficient (Wildman–Crippen LogP) is 3.57. The van der Waals surface area contributed by atoms with Gasteiger partial charge in [0.05, 0.1) is 5.57 Å². The Bertz CT molecular complexity index is 603. The number of hydrogen-bond acceptors (Lipinski definition) is 3. The first-order valence-corrected chi connectivity index (χ1v) is 6.52. The van der Waals surface area contributed by atoms with Crippen molar-refractivity contribution in [1.82, 2.24) is 0 Å². The number of thiol groups is 1. The molecule has 0 heterocycles. The average molecular weight is 286 g/mol. The number of hydrogen-bond donors (Lipinski definition) is 2. The van der Waals surface area contributed by atoms with Crippen molar-refractivity contribution in [1.29, 1.82) is 0 Å². The highest BCUT2D eigenvalue weighted by Gasteiger charge is 2.09. The fourth-order valence-corrected chi connectivity index (χ4v) is 1.80. The standard InChI is InChI=1S/C16H14O3S/c17-16(18)13(10-12-4-2-1-3-5-12)11-19-14-6-8-15(20)9-7-14/h1-9,11,20H,10H2,(H,17,18). The normalized spacial score (nSPS) is 11.2. The van der Waals surface area contributed by atoms with Gasteiger partial charge in [0, 0.05) is 11.3 Å². The maximum Gasteiger partial charge on any atom is 0.335 e. The highest BCUT2D eigenvalue weighted by Crippen LogP contribution is 2.16. The minimum absolute atomic E-state index is 0.200. The van der Waals surface area contributed by atoms with E-state index in [1.54, 1.807) is 24.3 Å². The van der Waals surface area contributed by atoms with Crippen LogP contribution in [0.3, 0.4) is 0 Å². The summed E-state index contributed by atoms with van der Waals surface area (Å²) in [6, 6.07) is 16.4. The molecule has 0 aliphatic heterocycles. The molecule has 0 saturated carbocycles. The van der Waals surface area contributed by atoms with Crippen LogP contribution >= 0.6 is 12.6 Å². The summed E-state index contributed by atoms with van der Waals surface area (Å²) in [5.41, 5.74) is 1.13. The Morgan fingerprint density at radius 2 is 1.75 bits per heavy atom. The van der Waals surface area contributed by atoms with Gasteiger partial charge in [-0.05, 0) is 29.8 Å². The van der Waals surface area contributed by atoms with Crippen LogP contribution in [0.2, 0.25) is 0 Å². The molecule has 0 spiro atoms. The molecular formula is C16H14O3S. The van der Waals surface area contributed by atoms with E-state index in [0.717, 1.165) is 10.5 Å². The largest absolute Gasteiger partial charge is 0.478 e. The average Bonchev–Trinajstić information content (AvgIpc) is 2.46. The summed E-state index contributed by atoms with van der Waals surface area (Å²) in [6.45, 7) is 0. The van der Waals surface area contributed by atoms with Crippen LogP contribution in [-0.4, -0.2) is 11.1 Å². The summed E-state index contributed by atoms with van der Waals surface area (Å²) >= 11 is 4.17. The molecule has 102 valence electrons. The van der Waals surface area contributed by atoms with Crippen molar-refractivity contribution in [3.63, 3.8) is 0 Å².